The standard InChI is InChI=1S/C42H33NO3/c1-27(2)28-23-25-33(26-24-28)43-38(44)36-37(39(43)45)42(32-21-13-6-14-22-32)35(30-17-9-4-10-18-30)34(29-15-7-3-8-16-29)41(36,40(42)46)31-19-11-5-12-20-31/h3-27,36-37H,1-2H3. The Kier molecular flexibility index (Phi) is 6.33. The van der Waals surface area contributed by atoms with Crippen LogP contribution in [0.2, 0.25) is 0 Å². The van der Waals surface area contributed by atoms with Gasteiger partial charge in [-0.2, -0.15) is 0 Å². The molecule has 1 saturated carbocycles. The molecule has 46 heavy (non-hydrogen) atoms. The number of rotatable bonds is 6. The number of nitrogens with zero attached hydrogens (tertiary/aromatic N) is 1. The molecule has 5 aromatic rings. The highest BCUT2D eigenvalue weighted by Crippen LogP contribution is 2.74. The van der Waals surface area contributed by atoms with Crippen molar-refractivity contribution in [3.8, 4) is 0 Å². The highest BCUT2D eigenvalue weighted by Gasteiger charge is 2.82. The number of fused-ring (bicyclic) bond motifs is 5. The summed E-state index contributed by atoms with van der Waals surface area (Å²) in [6.45, 7) is 4.23. The molecule has 3 aliphatic rings. The lowest BCUT2D eigenvalue weighted by molar-refractivity contribution is -0.130. The molecule has 8 rings (SSSR count). The van der Waals surface area contributed by atoms with Crippen LogP contribution in [0.15, 0.2) is 146 Å². The average molecular weight is 600 g/mol. The molecule has 0 radical (unpaired) electrons. The highest BCUT2D eigenvalue weighted by atomic mass is 16.2. The van der Waals surface area contributed by atoms with E-state index < -0.39 is 22.7 Å². The fraction of sp³-hybridized carbons (Fsp3) is 0.167. The van der Waals surface area contributed by atoms with E-state index in [9.17, 15) is 0 Å². The minimum absolute atomic E-state index is 0.110. The third-order valence-corrected chi connectivity index (χ3v) is 10.4. The fourth-order valence-corrected chi connectivity index (χ4v) is 8.60. The third kappa shape index (κ3) is 3.53. The first-order valence-electron chi connectivity index (χ1n) is 15.9. The normalized spacial score (nSPS) is 25.1. The molecular weight excluding hydrogens is 566 g/mol. The molecule has 1 saturated heterocycles. The number of imide groups is 1. The summed E-state index contributed by atoms with van der Waals surface area (Å²) in [7, 11) is 0. The number of carbonyl (C=O) groups excluding carboxylic acids is 3. The Morgan fingerprint density at radius 1 is 0.500 bits per heavy atom. The van der Waals surface area contributed by atoms with Gasteiger partial charge >= 0.3 is 0 Å². The Balaban J connectivity index is 1.51. The van der Waals surface area contributed by atoms with E-state index in [4.69, 9.17) is 0 Å². The lowest BCUT2D eigenvalue weighted by Gasteiger charge is -2.39. The minimum atomic E-state index is -1.40. The molecule has 2 bridgehead atoms. The number of hydrogen-bond donors (Lipinski definition) is 0. The van der Waals surface area contributed by atoms with Crippen molar-refractivity contribution >= 4 is 34.4 Å². The van der Waals surface area contributed by atoms with Gasteiger partial charge in [-0.15, -0.1) is 0 Å². The second-order valence-electron chi connectivity index (χ2n) is 12.9. The number of amides is 2. The number of allylic oxidation sites excluding steroid dienone is 2. The molecule has 4 nitrogen and oxygen atoms in total. The summed E-state index contributed by atoms with van der Waals surface area (Å²) < 4.78 is 0. The summed E-state index contributed by atoms with van der Waals surface area (Å²) in [5.74, 6) is -2.32. The minimum Gasteiger partial charge on any atom is -0.297 e. The summed E-state index contributed by atoms with van der Waals surface area (Å²) in [5.41, 5.74) is 3.68. The van der Waals surface area contributed by atoms with Crippen molar-refractivity contribution in [1.29, 1.82) is 0 Å². The maximum absolute atomic E-state index is 15.9. The number of anilines is 1. The molecule has 224 valence electrons. The second-order valence-corrected chi connectivity index (χ2v) is 12.9. The molecule has 2 aliphatic carbocycles. The zero-order valence-electron chi connectivity index (χ0n) is 25.8. The summed E-state index contributed by atoms with van der Waals surface area (Å²) in [5, 5.41) is 0. The number of hydrogen-bond acceptors (Lipinski definition) is 3. The first-order chi connectivity index (χ1) is 22.4. The van der Waals surface area contributed by atoms with Gasteiger partial charge in [-0.1, -0.05) is 147 Å². The van der Waals surface area contributed by atoms with Gasteiger partial charge in [-0.3, -0.25) is 14.4 Å². The van der Waals surface area contributed by atoms with E-state index in [0.717, 1.165) is 39.0 Å². The Labute approximate surface area is 269 Å². The van der Waals surface area contributed by atoms with Gasteiger partial charge in [-0.05, 0) is 57.0 Å². The van der Waals surface area contributed by atoms with E-state index in [-0.39, 0.29) is 17.6 Å². The Morgan fingerprint density at radius 2 is 0.870 bits per heavy atom. The Bertz CT molecular complexity index is 1900. The molecule has 2 fully saturated rings. The number of Topliss-reactive ketones (excluding diaryl/α,β-unsaturated/α-hetero) is 1. The predicted molar refractivity (Wildman–Crippen MR) is 181 cm³/mol. The van der Waals surface area contributed by atoms with Crippen molar-refractivity contribution in [2.45, 2.75) is 30.6 Å². The quantitative estimate of drug-likeness (QED) is 0.186. The smallest absolute Gasteiger partial charge is 0.239 e. The van der Waals surface area contributed by atoms with Crippen molar-refractivity contribution < 1.29 is 14.4 Å². The van der Waals surface area contributed by atoms with Gasteiger partial charge in [0.2, 0.25) is 11.8 Å². The topological polar surface area (TPSA) is 54.5 Å². The molecule has 2 amide bonds. The summed E-state index contributed by atoms with van der Waals surface area (Å²) in [6.07, 6.45) is 0. The molecule has 1 heterocycles. The second kappa shape index (κ2) is 10.3. The van der Waals surface area contributed by atoms with Gasteiger partial charge in [0.15, 0.2) is 5.78 Å². The van der Waals surface area contributed by atoms with Gasteiger partial charge in [0.25, 0.3) is 0 Å². The largest absolute Gasteiger partial charge is 0.297 e. The lowest BCUT2D eigenvalue weighted by atomic mass is 9.59. The van der Waals surface area contributed by atoms with Crippen LogP contribution in [0.5, 0.6) is 0 Å². The molecule has 4 unspecified atom stereocenters. The van der Waals surface area contributed by atoms with Crippen molar-refractivity contribution in [1.82, 2.24) is 0 Å². The molecule has 4 heteroatoms. The molecule has 4 atom stereocenters. The van der Waals surface area contributed by atoms with Crippen molar-refractivity contribution in [2.75, 3.05) is 4.90 Å². The van der Waals surface area contributed by atoms with Crippen LogP contribution in [0.4, 0.5) is 5.69 Å². The van der Waals surface area contributed by atoms with E-state index in [1.807, 2.05) is 146 Å². The van der Waals surface area contributed by atoms with E-state index in [1.54, 1.807) is 0 Å². The molecule has 5 aromatic carbocycles. The van der Waals surface area contributed by atoms with Crippen LogP contribution in [-0.2, 0) is 25.2 Å². The van der Waals surface area contributed by atoms with Crippen LogP contribution in [0.3, 0.4) is 0 Å². The maximum atomic E-state index is 15.9. The first-order valence-corrected chi connectivity index (χ1v) is 15.9. The van der Waals surface area contributed by atoms with Gasteiger partial charge in [0, 0.05) is 0 Å². The molecule has 1 aliphatic heterocycles. The van der Waals surface area contributed by atoms with Gasteiger partial charge < -0.3 is 0 Å². The average Bonchev–Trinajstić information content (AvgIpc) is 3.62. The predicted octanol–water partition coefficient (Wildman–Crippen LogP) is 8.00. The monoisotopic (exact) mass is 599 g/mol. The zero-order valence-corrected chi connectivity index (χ0v) is 25.8. The van der Waals surface area contributed by atoms with Crippen LogP contribution >= 0.6 is 0 Å². The van der Waals surface area contributed by atoms with E-state index in [1.165, 1.54) is 4.90 Å². The van der Waals surface area contributed by atoms with E-state index in [2.05, 4.69) is 13.8 Å². The van der Waals surface area contributed by atoms with Crippen molar-refractivity contribution in [3.63, 3.8) is 0 Å². The Hall–Kier alpha value is -5.35. The summed E-state index contributed by atoms with van der Waals surface area (Å²) in [4.78, 5) is 47.4. The van der Waals surface area contributed by atoms with Gasteiger partial charge in [0.1, 0.15) is 0 Å². The van der Waals surface area contributed by atoms with E-state index in [0.29, 0.717) is 11.6 Å². The fourth-order valence-electron chi connectivity index (χ4n) is 8.60. The molecule has 0 N–H and O–H groups in total. The van der Waals surface area contributed by atoms with Crippen LogP contribution in [0.1, 0.15) is 47.6 Å². The molecule has 0 spiro atoms. The summed E-state index contributed by atoms with van der Waals surface area (Å²) >= 11 is 0. The maximum Gasteiger partial charge on any atom is 0.239 e. The lowest BCUT2D eigenvalue weighted by Crippen LogP contribution is -2.45. The van der Waals surface area contributed by atoms with E-state index >= 15 is 14.4 Å². The van der Waals surface area contributed by atoms with Crippen molar-refractivity contribution in [3.05, 3.63) is 173 Å². The number of carbonyl (C=O) groups is 3. The SMILES string of the molecule is CC(C)c1ccc(N2C(=O)C3C(C2=O)C2(c4ccccc4)C(=O)C3(c3ccccc3)C(c3ccccc3)=C2c2ccccc2)cc1. The Morgan fingerprint density at radius 3 is 1.24 bits per heavy atom. The van der Waals surface area contributed by atoms with Gasteiger partial charge in [0.05, 0.1) is 28.4 Å². The van der Waals surface area contributed by atoms with Crippen LogP contribution in [-0.4, -0.2) is 17.6 Å². The number of ketones is 1. The number of benzene rings is 5. The van der Waals surface area contributed by atoms with Crippen molar-refractivity contribution in [2.24, 2.45) is 11.8 Å². The summed E-state index contributed by atoms with van der Waals surface area (Å²) in [6, 6.07) is 46.9. The van der Waals surface area contributed by atoms with Gasteiger partial charge in [-0.25, -0.2) is 4.90 Å². The molecule has 0 aromatic heterocycles. The first kappa shape index (κ1) is 28.1. The third-order valence-electron chi connectivity index (χ3n) is 10.4. The molecular formula is C42H33NO3. The van der Waals surface area contributed by atoms with Crippen LogP contribution in [0.25, 0.3) is 11.1 Å². The highest BCUT2D eigenvalue weighted by molar-refractivity contribution is 6.39. The van der Waals surface area contributed by atoms with Crippen LogP contribution in [0, 0.1) is 11.8 Å². The van der Waals surface area contributed by atoms with Crippen LogP contribution < -0.4 is 4.90 Å². The zero-order chi connectivity index (χ0) is 31.6.